The van der Waals surface area contributed by atoms with Gasteiger partial charge in [0.15, 0.2) is 5.71 Å². The molecule has 1 aromatic rings. The number of benzene rings is 1. The quantitative estimate of drug-likeness (QED) is 0.355. The van der Waals surface area contributed by atoms with E-state index in [4.69, 9.17) is 10.00 Å². The number of carbonyl (C=O) groups is 2. The van der Waals surface area contributed by atoms with Crippen LogP contribution >= 0.6 is 0 Å². The Kier molecular flexibility index (Phi) is 8.18. The lowest BCUT2D eigenvalue weighted by atomic mass is 9.91. The van der Waals surface area contributed by atoms with E-state index in [1.165, 1.54) is 18.2 Å². The zero-order chi connectivity index (χ0) is 23.2. The van der Waals surface area contributed by atoms with E-state index in [0.29, 0.717) is 6.42 Å². The van der Waals surface area contributed by atoms with E-state index in [2.05, 4.69) is 4.40 Å². The minimum absolute atomic E-state index is 0.00772. The second-order valence-corrected chi connectivity index (χ2v) is 8.68. The second kappa shape index (κ2) is 9.75. The van der Waals surface area contributed by atoms with Crippen LogP contribution in [0.15, 0.2) is 28.7 Å². The summed E-state index contributed by atoms with van der Waals surface area (Å²) in [7, 11) is -5.70. The molecule has 0 saturated heterocycles. The maximum atomic E-state index is 14.2. The van der Waals surface area contributed by atoms with Crippen LogP contribution in [0.2, 0.25) is 0 Å². The molecule has 30 heavy (non-hydrogen) atoms. The van der Waals surface area contributed by atoms with Crippen molar-refractivity contribution < 1.29 is 31.5 Å². The highest BCUT2D eigenvalue weighted by molar-refractivity contribution is 7.92. The van der Waals surface area contributed by atoms with Gasteiger partial charge in [0.25, 0.3) is 0 Å². The number of rotatable bonds is 9. The van der Waals surface area contributed by atoms with Gasteiger partial charge in [0, 0.05) is 5.56 Å². The van der Waals surface area contributed by atoms with Gasteiger partial charge in [-0.1, -0.05) is 36.8 Å². The predicted octanol–water partition coefficient (Wildman–Crippen LogP) is 2.33. The van der Waals surface area contributed by atoms with Crippen LogP contribution in [0.4, 0.5) is 8.78 Å². The van der Waals surface area contributed by atoms with E-state index >= 15 is 0 Å². The molecule has 0 aliphatic rings. The molecule has 0 heterocycles. The summed E-state index contributed by atoms with van der Waals surface area (Å²) in [5.74, 6) is -2.72. The molecule has 0 fully saturated rings. The van der Waals surface area contributed by atoms with Gasteiger partial charge in [0.2, 0.25) is 0 Å². The van der Waals surface area contributed by atoms with Crippen molar-refractivity contribution >= 4 is 27.6 Å². The molecule has 0 saturated carbocycles. The fourth-order valence-corrected chi connectivity index (χ4v) is 2.70. The monoisotopic (exact) mass is 443 g/mol. The summed E-state index contributed by atoms with van der Waals surface area (Å²) in [6.07, 6.45) is 0.481. The molecule has 0 atom stereocenters. The first-order chi connectivity index (χ1) is 13.8. The molecule has 0 aromatic heterocycles. The fourth-order valence-electron chi connectivity index (χ4n) is 1.89. The summed E-state index contributed by atoms with van der Waals surface area (Å²) >= 11 is 0. The van der Waals surface area contributed by atoms with Crippen molar-refractivity contribution in [2.24, 2.45) is 9.81 Å². The second-order valence-electron chi connectivity index (χ2n) is 7.04. The van der Waals surface area contributed by atoms with Crippen LogP contribution in [-0.4, -0.2) is 44.4 Å². The fraction of sp³-hybridized carbons (Fsp3) is 0.474. The average molecular weight is 443 g/mol. The average Bonchev–Trinajstić information content (AvgIpc) is 2.69. The Hall–Kier alpha value is -2.87. The van der Waals surface area contributed by atoms with Gasteiger partial charge in [-0.25, -0.2) is 0 Å². The number of alkyl halides is 2. The summed E-state index contributed by atoms with van der Waals surface area (Å²) in [4.78, 5) is 23.5. The standard InChI is InChI=1S/C19H23F2N3O5S/c1-5-18(3,4)17(26)29-11-10-23-16(25)19(20,21)30(27,28)24-15(12-22)14-8-6-13(2)7-9-14/h6-9H,5,10-11H2,1-4H3,(H,23,25). The molecule has 11 heteroatoms. The van der Waals surface area contributed by atoms with E-state index < -0.39 is 51.4 Å². The highest BCUT2D eigenvalue weighted by Gasteiger charge is 2.53. The van der Waals surface area contributed by atoms with Crippen molar-refractivity contribution in [2.45, 2.75) is 39.4 Å². The molecule has 8 nitrogen and oxygen atoms in total. The number of hydrogen-bond donors (Lipinski definition) is 1. The molecule has 0 aliphatic carbocycles. The first-order valence-electron chi connectivity index (χ1n) is 8.93. The summed E-state index contributed by atoms with van der Waals surface area (Å²) in [5, 5.41) is 5.86. The molecular formula is C19H23F2N3O5S. The third-order valence-corrected chi connectivity index (χ3v) is 5.54. The van der Waals surface area contributed by atoms with Crippen LogP contribution < -0.4 is 5.32 Å². The van der Waals surface area contributed by atoms with Crippen LogP contribution in [0.3, 0.4) is 0 Å². The zero-order valence-electron chi connectivity index (χ0n) is 17.0. The zero-order valence-corrected chi connectivity index (χ0v) is 17.8. The summed E-state index contributed by atoms with van der Waals surface area (Å²) in [6.45, 7) is 5.83. The minimum Gasteiger partial charge on any atom is -0.463 e. The first-order valence-corrected chi connectivity index (χ1v) is 10.4. The van der Waals surface area contributed by atoms with Crippen LogP contribution in [0.1, 0.15) is 38.3 Å². The number of sulfonamides is 1. The molecule has 1 rings (SSSR count). The Morgan fingerprint density at radius 3 is 2.30 bits per heavy atom. The lowest BCUT2D eigenvalue weighted by molar-refractivity contribution is -0.154. The number of nitrogens with zero attached hydrogens (tertiary/aromatic N) is 2. The molecule has 1 N–H and O–H groups in total. The Bertz CT molecular complexity index is 965. The number of carbonyl (C=O) groups excluding carboxylic acids is 2. The lowest BCUT2D eigenvalue weighted by Gasteiger charge is -2.20. The predicted molar refractivity (Wildman–Crippen MR) is 105 cm³/mol. The molecule has 1 aromatic carbocycles. The highest BCUT2D eigenvalue weighted by Crippen LogP contribution is 2.25. The van der Waals surface area contributed by atoms with Crippen LogP contribution in [0.25, 0.3) is 0 Å². The normalized spacial score (nSPS) is 12.8. The van der Waals surface area contributed by atoms with E-state index in [9.17, 15) is 26.8 Å². The van der Waals surface area contributed by atoms with Gasteiger partial charge in [-0.15, -0.1) is 4.40 Å². The summed E-state index contributed by atoms with van der Waals surface area (Å²) in [6, 6.07) is 7.21. The van der Waals surface area contributed by atoms with Crippen LogP contribution in [0, 0.1) is 23.7 Å². The highest BCUT2D eigenvalue weighted by atomic mass is 32.2. The van der Waals surface area contributed by atoms with Gasteiger partial charge in [-0.05, 0) is 27.2 Å². The van der Waals surface area contributed by atoms with Crippen molar-refractivity contribution in [3.63, 3.8) is 0 Å². The van der Waals surface area contributed by atoms with Crippen LogP contribution in [-0.2, 0) is 24.3 Å². The lowest BCUT2D eigenvalue weighted by Crippen LogP contribution is -2.46. The molecule has 164 valence electrons. The van der Waals surface area contributed by atoms with E-state index in [1.54, 1.807) is 45.1 Å². The van der Waals surface area contributed by atoms with Crippen molar-refractivity contribution in [2.75, 3.05) is 13.2 Å². The number of hydrogen-bond acceptors (Lipinski definition) is 6. The number of halogens is 2. The van der Waals surface area contributed by atoms with Crippen LogP contribution in [0.5, 0.6) is 0 Å². The Balaban J connectivity index is 2.87. The number of nitrogens with one attached hydrogen (secondary N) is 1. The van der Waals surface area contributed by atoms with Gasteiger partial charge < -0.3 is 10.1 Å². The Morgan fingerprint density at radius 1 is 1.23 bits per heavy atom. The van der Waals surface area contributed by atoms with Gasteiger partial charge in [0.1, 0.15) is 12.7 Å². The SMILES string of the molecule is CCC(C)(C)C(=O)OCCNC(=O)C(F)(F)S(=O)(=O)N=C(C#N)c1ccc(C)cc1. The molecule has 0 bridgehead atoms. The van der Waals surface area contributed by atoms with Crippen molar-refractivity contribution in [3.8, 4) is 6.07 Å². The van der Waals surface area contributed by atoms with Gasteiger partial charge >= 0.3 is 27.2 Å². The summed E-state index contributed by atoms with van der Waals surface area (Å²) < 4.78 is 60.0. The Labute approximate surface area is 174 Å². The Morgan fingerprint density at radius 2 is 1.80 bits per heavy atom. The molecule has 0 spiro atoms. The van der Waals surface area contributed by atoms with Gasteiger partial charge in [0.05, 0.1) is 12.0 Å². The van der Waals surface area contributed by atoms with Crippen molar-refractivity contribution in [3.05, 3.63) is 35.4 Å². The third-order valence-electron chi connectivity index (χ3n) is 4.29. The van der Waals surface area contributed by atoms with E-state index in [1.807, 2.05) is 0 Å². The smallest absolute Gasteiger partial charge is 0.442 e. The molecule has 0 aliphatic heterocycles. The first kappa shape index (κ1) is 25.2. The summed E-state index contributed by atoms with van der Waals surface area (Å²) in [5.41, 5.74) is -0.756. The molecular weight excluding hydrogens is 420 g/mol. The molecule has 1 amide bonds. The minimum atomic E-state index is -5.70. The van der Waals surface area contributed by atoms with Crippen molar-refractivity contribution in [1.82, 2.24) is 5.32 Å². The van der Waals surface area contributed by atoms with E-state index in [-0.39, 0.29) is 5.56 Å². The largest absolute Gasteiger partial charge is 0.463 e. The van der Waals surface area contributed by atoms with Crippen molar-refractivity contribution in [1.29, 1.82) is 5.26 Å². The third kappa shape index (κ3) is 6.06. The topological polar surface area (TPSA) is 126 Å². The maximum Gasteiger partial charge on any atom is 0.442 e. The number of aryl methyl sites for hydroxylation is 1. The maximum absolute atomic E-state index is 14.2. The molecule has 0 unspecified atom stereocenters. The van der Waals surface area contributed by atoms with Gasteiger partial charge in [-0.3, -0.25) is 9.59 Å². The number of esters is 1. The molecule has 0 radical (unpaired) electrons. The number of nitriles is 1. The van der Waals surface area contributed by atoms with E-state index in [0.717, 1.165) is 5.56 Å². The number of ether oxygens (including phenoxy) is 1. The number of amides is 1. The van der Waals surface area contributed by atoms with Gasteiger partial charge in [-0.2, -0.15) is 22.5 Å².